The molecule has 1 saturated heterocycles. The third kappa shape index (κ3) is 4.37. The molecule has 0 aromatic carbocycles. The lowest BCUT2D eigenvalue weighted by Gasteiger charge is -2.32. The van der Waals surface area contributed by atoms with Crippen LogP contribution in [0.2, 0.25) is 0 Å². The topological polar surface area (TPSA) is 62.9 Å². The van der Waals surface area contributed by atoms with Crippen LogP contribution in [0.25, 0.3) is 0 Å². The van der Waals surface area contributed by atoms with Gasteiger partial charge >= 0.3 is 0 Å². The van der Waals surface area contributed by atoms with E-state index in [0.717, 1.165) is 44.5 Å². The summed E-state index contributed by atoms with van der Waals surface area (Å²) in [4.78, 5) is 6.68. The summed E-state index contributed by atoms with van der Waals surface area (Å²) < 4.78 is 4.98. The summed E-state index contributed by atoms with van der Waals surface area (Å²) in [6.45, 7) is 5.91. The van der Waals surface area contributed by atoms with Crippen molar-refractivity contribution in [3.8, 4) is 0 Å². The fourth-order valence-electron chi connectivity index (χ4n) is 1.85. The van der Waals surface area contributed by atoms with Crippen LogP contribution in [0.15, 0.2) is 4.99 Å². The second-order valence-corrected chi connectivity index (χ2v) is 4.37. The molecule has 1 heterocycles. The second-order valence-electron chi connectivity index (χ2n) is 4.37. The number of guanidine groups is 1. The molecule has 0 saturated carbocycles. The third-order valence-corrected chi connectivity index (χ3v) is 2.98. The number of ether oxygens (including phenoxy) is 1. The molecule has 0 aromatic heterocycles. The number of aliphatic imine (C=N–C) groups is 1. The zero-order valence-corrected chi connectivity index (χ0v) is 10.4. The molecule has 5 nitrogen and oxygen atoms in total. The van der Waals surface area contributed by atoms with Crippen LogP contribution >= 0.6 is 0 Å². The van der Waals surface area contributed by atoms with Crippen LogP contribution in [0.1, 0.15) is 26.2 Å². The van der Waals surface area contributed by atoms with Crippen molar-refractivity contribution >= 4 is 5.96 Å². The Morgan fingerprint density at radius 3 is 2.75 bits per heavy atom. The van der Waals surface area contributed by atoms with Crippen molar-refractivity contribution in [2.75, 3.05) is 33.4 Å². The first-order valence-corrected chi connectivity index (χ1v) is 6.03. The van der Waals surface area contributed by atoms with Gasteiger partial charge in [0, 0.05) is 33.4 Å². The molecular formula is C11H24N4O. The number of methoxy groups -OCH3 is 1. The molecule has 0 aliphatic carbocycles. The number of nitrogens with zero attached hydrogens (tertiary/aromatic N) is 2. The van der Waals surface area contributed by atoms with Crippen LogP contribution in [0.5, 0.6) is 0 Å². The first kappa shape index (κ1) is 13.3. The lowest BCUT2D eigenvalue weighted by molar-refractivity contribution is 0.196. The molecule has 16 heavy (non-hydrogen) atoms. The molecular weight excluding hydrogens is 204 g/mol. The highest BCUT2D eigenvalue weighted by molar-refractivity contribution is 5.79. The van der Waals surface area contributed by atoms with Gasteiger partial charge in [-0.1, -0.05) is 6.92 Å². The largest absolute Gasteiger partial charge is 0.385 e. The fraction of sp³-hybridized carbons (Fsp3) is 0.909. The number of hydrogen-bond acceptors (Lipinski definition) is 3. The summed E-state index contributed by atoms with van der Waals surface area (Å²) in [5.41, 5.74) is 2.70. The van der Waals surface area contributed by atoms with Crippen molar-refractivity contribution in [2.45, 2.75) is 26.2 Å². The minimum atomic E-state index is 0.748. The molecule has 0 amide bonds. The van der Waals surface area contributed by atoms with Gasteiger partial charge < -0.3 is 9.64 Å². The third-order valence-electron chi connectivity index (χ3n) is 2.98. The van der Waals surface area contributed by atoms with E-state index < -0.39 is 0 Å². The maximum Gasteiger partial charge on any atom is 0.208 e. The Balaban J connectivity index is 2.34. The van der Waals surface area contributed by atoms with Gasteiger partial charge in [0.05, 0.1) is 0 Å². The molecule has 0 atom stereocenters. The quantitative estimate of drug-likeness (QED) is 0.243. The standard InChI is InChI=1S/C11H24N4O/c1-10-4-7-15(8-5-10)11(14-12)13-6-3-9-16-2/h10H,3-9,12H2,1-2H3,(H,13,14). The summed E-state index contributed by atoms with van der Waals surface area (Å²) in [6.07, 6.45) is 3.38. The highest BCUT2D eigenvalue weighted by Crippen LogP contribution is 2.15. The van der Waals surface area contributed by atoms with Gasteiger partial charge in [0.1, 0.15) is 0 Å². The first-order chi connectivity index (χ1) is 7.77. The van der Waals surface area contributed by atoms with Crippen molar-refractivity contribution in [1.29, 1.82) is 0 Å². The van der Waals surface area contributed by atoms with Crippen LogP contribution in [0, 0.1) is 5.92 Å². The van der Waals surface area contributed by atoms with Crippen molar-refractivity contribution in [2.24, 2.45) is 16.8 Å². The summed E-state index contributed by atoms with van der Waals surface area (Å²) in [7, 11) is 1.71. The van der Waals surface area contributed by atoms with Gasteiger partial charge in [-0.3, -0.25) is 10.4 Å². The molecule has 1 aliphatic rings. The van der Waals surface area contributed by atoms with E-state index in [2.05, 4.69) is 22.2 Å². The molecule has 0 spiro atoms. The Morgan fingerprint density at radius 1 is 1.50 bits per heavy atom. The average Bonchev–Trinajstić information content (AvgIpc) is 2.31. The molecule has 3 N–H and O–H groups in total. The molecule has 0 aromatic rings. The smallest absolute Gasteiger partial charge is 0.208 e. The molecule has 0 radical (unpaired) electrons. The second kappa shape index (κ2) is 7.46. The number of hydrogen-bond donors (Lipinski definition) is 2. The lowest BCUT2D eigenvalue weighted by Crippen LogP contribution is -2.48. The van der Waals surface area contributed by atoms with Gasteiger partial charge in [0.2, 0.25) is 5.96 Å². The predicted molar refractivity (Wildman–Crippen MR) is 66.1 cm³/mol. The van der Waals surface area contributed by atoms with E-state index >= 15 is 0 Å². The molecule has 5 heteroatoms. The monoisotopic (exact) mass is 228 g/mol. The summed E-state index contributed by atoms with van der Waals surface area (Å²) in [6, 6.07) is 0. The van der Waals surface area contributed by atoms with Crippen LogP contribution in [-0.2, 0) is 4.74 Å². The predicted octanol–water partition coefficient (Wildman–Crippen LogP) is 0.574. The number of likely N-dealkylation sites (tertiary alicyclic amines) is 1. The number of rotatable bonds is 4. The van der Waals surface area contributed by atoms with Gasteiger partial charge in [-0.2, -0.15) is 0 Å². The minimum Gasteiger partial charge on any atom is -0.385 e. The molecule has 1 rings (SSSR count). The maximum atomic E-state index is 5.50. The SMILES string of the molecule is COCCCN=C(NN)N1CCC(C)CC1. The highest BCUT2D eigenvalue weighted by Gasteiger charge is 2.17. The van der Waals surface area contributed by atoms with E-state index in [1.54, 1.807) is 7.11 Å². The number of piperidine rings is 1. The van der Waals surface area contributed by atoms with Crippen LogP contribution < -0.4 is 11.3 Å². The van der Waals surface area contributed by atoms with E-state index in [-0.39, 0.29) is 0 Å². The highest BCUT2D eigenvalue weighted by atomic mass is 16.5. The summed E-state index contributed by atoms with van der Waals surface area (Å²) >= 11 is 0. The van der Waals surface area contributed by atoms with Crippen LogP contribution in [0.3, 0.4) is 0 Å². The Bertz CT molecular complexity index is 212. The van der Waals surface area contributed by atoms with Gasteiger partial charge in [-0.15, -0.1) is 0 Å². The van der Waals surface area contributed by atoms with Gasteiger partial charge in [-0.05, 0) is 25.2 Å². The van der Waals surface area contributed by atoms with E-state index in [1.807, 2.05) is 0 Å². The lowest BCUT2D eigenvalue weighted by atomic mass is 10.00. The Morgan fingerprint density at radius 2 is 2.19 bits per heavy atom. The van der Waals surface area contributed by atoms with Crippen molar-refractivity contribution < 1.29 is 4.74 Å². The Kier molecular flexibility index (Phi) is 6.18. The zero-order chi connectivity index (χ0) is 11.8. The maximum absolute atomic E-state index is 5.50. The number of nitrogens with two attached hydrogens (primary N) is 1. The Hall–Kier alpha value is -0.810. The summed E-state index contributed by atoms with van der Waals surface area (Å²) in [5, 5.41) is 0. The first-order valence-electron chi connectivity index (χ1n) is 6.03. The molecule has 94 valence electrons. The van der Waals surface area contributed by atoms with E-state index in [4.69, 9.17) is 10.6 Å². The zero-order valence-electron chi connectivity index (χ0n) is 10.4. The number of hydrazine groups is 1. The molecule has 0 bridgehead atoms. The summed E-state index contributed by atoms with van der Waals surface area (Å²) in [5.74, 6) is 7.14. The molecule has 1 fully saturated rings. The van der Waals surface area contributed by atoms with Crippen LogP contribution in [-0.4, -0.2) is 44.2 Å². The Labute approximate surface area is 98.0 Å². The normalized spacial score (nSPS) is 18.9. The van der Waals surface area contributed by atoms with Gasteiger partial charge in [0.15, 0.2) is 0 Å². The van der Waals surface area contributed by atoms with Gasteiger partial charge in [-0.25, -0.2) is 5.84 Å². The van der Waals surface area contributed by atoms with Gasteiger partial charge in [0.25, 0.3) is 0 Å². The van der Waals surface area contributed by atoms with E-state index in [9.17, 15) is 0 Å². The van der Waals surface area contributed by atoms with E-state index in [0.29, 0.717) is 0 Å². The average molecular weight is 228 g/mol. The van der Waals surface area contributed by atoms with Crippen molar-refractivity contribution in [3.05, 3.63) is 0 Å². The van der Waals surface area contributed by atoms with Crippen molar-refractivity contribution in [3.63, 3.8) is 0 Å². The fourth-order valence-corrected chi connectivity index (χ4v) is 1.85. The van der Waals surface area contributed by atoms with Crippen LogP contribution in [0.4, 0.5) is 0 Å². The number of nitrogens with one attached hydrogen (secondary N) is 1. The minimum absolute atomic E-state index is 0.748. The molecule has 1 aliphatic heterocycles. The van der Waals surface area contributed by atoms with E-state index in [1.165, 1.54) is 12.8 Å². The van der Waals surface area contributed by atoms with Crippen molar-refractivity contribution in [1.82, 2.24) is 10.3 Å². The molecule has 0 unspecified atom stereocenters.